The van der Waals surface area contributed by atoms with Gasteiger partial charge in [-0.05, 0) is 30.1 Å². The van der Waals surface area contributed by atoms with Crippen LogP contribution in [0, 0.1) is 17.3 Å². The molecule has 0 aromatic rings. The summed E-state index contributed by atoms with van der Waals surface area (Å²) in [6.07, 6.45) is 3.37. The van der Waals surface area contributed by atoms with E-state index >= 15 is 0 Å². The molecule has 0 aromatic carbocycles. The average Bonchev–Trinajstić information content (AvgIpc) is 2.90. The first-order chi connectivity index (χ1) is 6.38. The fraction of sp³-hybridized carbons (Fsp3) is 0.909. The molecule has 0 saturated heterocycles. The average molecular weight is 214 g/mol. The summed E-state index contributed by atoms with van der Waals surface area (Å²) in [6.45, 7) is 8.68. The maximum absolute atomic E-state index is 11.3. The third-order valence-electron chi connectivity index (χ3n) is 3.73. The molecule has 0 aliphatic heterocycles. The highest BCUT2D eigenvalue weighted by Crippen LogP contribution is 2.49. The normalized spacial score (nSPS) is 24.3. The highest BCUT2D eigenvalue weighted by atomic mass is 28.2. The molecule has 0 N–H and O–H groups in total. The van der Waals surface area contributed by atoms with Gasteiger partial charge in [-0.3, -0.25) is 0 Å². The highest BCUT2D eigenvalue weighted by Gasteiger charge is 2.51. The number of carbonyl (C=O) groups excluding carboxylic acids is 1. The Hall–Kier alpha value is -0.153. The Morgan fingerprint density at radius 1 is 1.43 bits per heavy atom. The van der Waals surface area contributed by atoms with Crippen LogP contribution >= 0.6 is 0 Å². The van der Waals surface area contributed by atoms with Gasteiger partial charge >= 0.3 is 0 Å². The predicted molar refractivity (Wildman–Crippen MR) is 61.2 cm³/mol. The zero-order valence-electron chi connectivity index (χ0n) is 9.96. The lowest BCUT2D eigenvalue weighted by Gasteiger charge is -2.41. The van der Waals surface area contributed by atoms with Crippen LogP contribution in [0.3, 0.4) is 0 Å². The van der Waals surface area contributed by atoms with Gasteiger partial charge in [-0.1, -0.05) is 27.7 Å². The summed E-state index contributed by atoms with van der Waals surface area (Å²) < 4.78 is 5.67. The van der Waals surface area contributed by atoms with E-state index in [1.165, 1.54) is 0 Å². The molecule has 1 aliphatic rings. The molecule has 3 heteroatoms. The summed E-state index contributed by atoms with van der Waals surface area (Å²) >= 11 is 0. The van der Waals surface area contributed by atoms with Crippen molar-refractivity contribution in [3.05, 3.63) is 0 Å². The third kappa shape index (κ3) is 1.93. The molecule has 2 atom stereocenters. The number of rotatable bonds is 4. The summed E-state index contributed by atoms with van der Waals surface area (Å²) in [4.78, 5) is 11.3. The van der Waals surface area contributed by atoms with Gasteiger partial charge in [-0.15, -0.1) is 0 Å². The van der Waals surface area contributed by atoms with E-state index in [0.29, 0.717) is 16.4 Å². The molecule has 0 spiro atoms. The van der Waals surface area contributed by atoms with Crippen LogP contribution in [0.25, 0.3) is 0 Å². The SMILES string of the molecule is CC(C(C)(C)C)[C@@](C=O)(O[SiH3])C1CC1. The first-order valence-corrected chi connectivity index (χ1v) is 6.21. The summed E-state index contributed by atoms with van der Waals surface area (Å²) in [5, 5.41) is 0. The minimum absolute atomic E-state index is 0.133. The van der Waals surface area contributed by atoms with Crippen LogP contribution in [0.5, 0.6) is 0 Å². The molecule has 0 heterocycles. The number of aldehydes is 1. The molecule has 0 bridgehead atoms. The van der Waals surface area contributed by atoms with Gasteiger partial charge < -0.3 is 9.22 Å². The van der Waals surface area contributed by atoms with Crippen LogP contribution in [0.1, 0.15) is 40.5 Å². The van der Waals surface area contributed by atoms with Crippen molar-refractivity contribution in [3.8, 4) is 0 Å². The zero-order valence-corrected chi connectivity index (χ0v) is 12.0. The molecule has 1 aliphatic carbocycles. The van der Waals surface area contributed by atoms with Crippen LogP contribution < -0.4 is 0 Å². The quantitative estimate of drug-likeness (QED) is 0.521. The van der Waals surface area contributed by atoms with Crippen LogP contribution in [0.4, 0.5) is 0 Å². The number of carbonyl (C=O) groups is 1. The Kier molecular flexibility index (Phi) is 3.22. The first-order valence-electron chi connectivity index (χ1n) is 5.40. The van der Waals surface area contributed by atoms with Crippen molar-refractivity contribution in [2.75, 3.05) is 0 Å². The molecule has 82 valence electrons. The second-order valence-electron chi connectivity index (χ2n) is 5.54. The molecule has 2 nitrogen and oxygen atoms in total. The van der Waals surface area contributed by atoms with E-state index in [0.717, 1.165) is 19.1 Å². The van der Waals surface area contributed by atoms with Gasteiger partial charge in [-0.2, -0.15) is 0 Å². The van der Waals surface area contributed by atoms with Crippen molar-refractivity contribution in [2.24, 2.45) is 17.3 Å². The van der Waals surface area contributed by atoms with Crippen molar-refractivity contribution < 1.29 is 9.22 Å². The smallest absolute Gasteiger partial charge is 0.151 e. The van der Waals surface area contributed by atoms with E-state index in [1.54, 1.807) is 0 Å². The van der Waals surface area contributed by atoms with Gasteiger partial charge in [0, 0.05) is 0 Å². The lowest BCUT2D eigenvalue weighted by Crippen LogP contribution is -2.48. The summed E-state index contributed by atoms with van der Waals surface area (Å²) in [7, 11) is 0.644. The molecule has 1 saturated carbocycles. The summed E-state index contributed by atoms with van der Waals surface area (Å²) in [5.41, 5.74) is -0.349. The zero-order chi connectivity index (χ0) is 11.0. The number of hydrogen-bond acceptors (Lipinski definition) is 2. The van der Waals surface area contributed by atoms with Crippen LogP contribution in [0.2, 0.25) is 0 Å². The van der Waals surface area contributed by atoms with Crippen molar-refractivity contribution in [2.45, 2.75) is 46.1 Å². The summed E-state index contributed by atoms with van der Waals surface area (Å²) in [5.74, 6) is 0.768. The van der Waals surface area contributed by atoms with Crippen molar-refractivity contribution >= 4 is 16.8 Å². The predicted octanol–water partition coefficient (Wildman–Crippen LogP) is 1.31. The Balaban J connectivity index is 2.91. The minimum atomic E-state index is -0.482. The lowest BCUT2D eigenvalue weighted by atomic mass is 9.70. The fourth-order valence-electron chi connectivity index (χ4n) is 2.15. The van der Waals surface area contributed by atoms with Crippen molar-refractivity contribution in [3.63, 3.8) is 0 Å². The van der Waals surface area contributed by atoms with Crippen LogP contribution in [-0.2, 0) is 9.22 Å². The van der Waals surface area contributed by atoms with Crippen LogP contribution in [0.15, 0.2) is 0 Å². The van der Waals surface area contributed by atoms with E-state index in [-0.39, 0.29) is 11.3 Å². The molecule has 1 rings (SSSR count). The minimum Gasteiger partial charge on any atom is -0.415 e. The monoisotopic (exact) mass is 214 g/mol. The second-order valence-corrected chi connectivity index (χ2v) is 5.95. The highest BCUT2D eigenvalue weighted by molar-refractivity contribution is 5.99. The summed E-state index contributed by atoms with van der Waals surface area (Å²) in [6, 6.07) is 0. The van der Waals surface area contributed by atoms with E-state index < -0.39 is 5.60 Å². The largest absolute Gasteiger partial charge is 0.415 e. The molecule has 0 amide bonds. The Morgan fingerprint density at radius 3 is 2.14 bits per heavy atom. The molecule has 0 aromatic heterocycles. The lowest BCUT2D eigenvalue weighted by molar-refractivity contribution is -0.132. The first kappa shape index (κ1) is 11.9. The fourth-order valence-corrected chi connectivity index (χ4v) is 2.94. The molecule has 1 fully saturated rings. The van der Waals surface area contributed by atoms with Crippen molar-refractivity contribution in [1.29, 1.82) is 0 Å². The maximum atomic E-state index is 11.3. The third-order valence-corrected chi connectivity index (χ3v) is 4.44. The van der Waals surface area contributed by atoms with E-state index in [2.05, 4.69) is 27.7 Å². The van der Waals surface area contributed by atoms with Gasteiger partial charge in [0.25, 0.3) is 0 Å². The maximum Gasteiger partial charge on any atom is 0.151 e. The number of hydrogen-bond donors (Lipinski definition) is 0. The standard InChI is InChI=1S/C11H22O2Si/c1-8(10(2,3)4)11(7-12,13-14)9-5-6-9/h7-9H,5-6H2,1-4,14H3/t8?,11-/m1/s1. The van der Waals surface area contributed by atoms with Gasteiger partial charge in [0.15, 0.2) is 6.29 Å². The van der Waals surface area contributed by atoms with E-state index in [4.69, 9.17) is 4.43 Å². The van der Waals surface area contributed by atoms with E-state index in [9.17, 15) is 4.79 Å². The Labute approximate surface area is 90.0 Å². The van der Waals surface area contributed by atoms with Gasteiger partial charge in [0.2, 0.25) is 0 Å². The van der Waals surface area contributed by atoms with Crippen LogP contribution in [-0.4, -0.2) is 22.4 Å². The topological polar surface area (TPSA) is 26.3 Å². The van der Waals surface area contributed by atoms with Gasteiger partial charge in [0.1, 0.15) is 16.1 Å². The molecule has 14 heavy (non-hydrogen) atoms. The molecular weight excluding hydrogens is 192 g/mol. The van der Waals surface area contributed by atoms with E-state index in [1.807, 2.05) is 0 Å². The Bertz CT molecular complexity index is 218. The Morgan fingerprint density at radius 2 is 1.93 bits per heavy atom. The van der Waals surface area contributed by atoms with Crippen molar-refractivity contribution in [1.82, 2.24) is 0 Å². The molecule has 1 unspecified atom stereocenters. The second kappa shape index (κ2) is 3.78. The van der Waals surface area contributed by atoms with Gasteiger partial charge in [0.05, 0.1) is 0 Å². The van der Waals surface area contributed by atoms with Gasteiger partial charge in [-0.25, -0.2) is 0 Å². The molecule has 0 radical (unpaired) electrons. The molecular formula is C11H22O2Si.